The molecule has 2 aromatic heterocycles. The number of nitrogens with one attached hydrogen (secondary N) is 3. The first-order chi connectivity index (χ1) is 30.4. The van der Waals surface area contributed by atoms with Crippen LogP contribution >= 0.6 is 34.5 Å². The number of azo groups is 2. The number of carbonyl (C=O) groups is 1. The van der Waals surface area contributed by atoms with E-state index in [0.29, 0.717) is 32.9 Å². The first-order valence-electron chi connectivity index (χ1n) is 18.2. The zero-order valence-corrected chi connectivity index (χ0v) is 36.8. The molecule has 7 aromatic rings. The zero-order valence-electron chi connectivity index (χ0n) is 32.9. The van der Waals surface area contributed by atoms with Gasteiger partial charge in [0, 0.05) is 45.5 Å². The number of rotatable bonds is 12. The van der Waals surface area contributed by atoms with Crippen molar-refractivity contribution < 1.29 is 30.7 Å². The standard InChI is InChI=1S/C42H28Cl2N10O7S3/c1-22-32(20-45)39(49-29-16-17-34(44)36(19-29)64(59,60)61)50-40(48-28-14-9-26(43)10-15-28)38(22)52-53-41-33(21-46)37(25-7-11-27(12-8-25)47-23(2)55)42(62-41)54-51-30-13-6-24-4-3-5-35(31(24)18-30)63(56,57)58/h3-19H,1-2H3,(H,47,55)(H2,48,49,50)(H,56,57,58)(H,59,60,61). The van der Waals surface area contributed by atoms with Crippen LogP contribution < -0.4 is 16.0 Å². The molecule has 0 fully saturated rings. The number of anilines is 5. The summed E-state index contributed by atoms with van der Waals surface area (Å²) in [5.74, 6) is -0.253. The molecule has 0 bridgehead atoms. The van der Waals surface area contributed by atoms with Gasteiger partial charge in [-0.15, -0.1) is 20.5 Å². The zero-order chi connectivity index (χ0) is 45.9. The molecule has 320 valence electrons. The molecule has 64 heavy (non-hydrogen) atoms. The number of amides is 1. The number of fused-ring (bicyclic) bond motifs is 1. The second kappa shape index (κ2) is 18.3. The van der Waals surface area contributed by atoms with Gasteiger partial charge in [0.2, 0.25) is 5.91 Å². The molecule has 0 spiro atoms. The molecule has 0 aliphatic heterocycles. The van der Waals surface area contributed by atoms with Crippen molar-refractivity contribution in [3.8, 4) is 23.3 Å². The third kappa shape index (κ3) is 9.89. The van der Waals surface area contributed by atoms with Crippen molar-refractivity contribution in [2.45, 2.75) is 23.6 Å². The first kappa shape index (κ1) is 44.9. The molecule has 5 aromatic carbocycles. The van der Waals surface area contributed by atoms with Gasteiger partial charge in [0.05, 0.1) is 16.3 Å². The smallest absolute Gasteiger partial charge is 0.296 e. The molecule has 2 heterocycles. The fraction of sp³-hybridized carbons (Fsp3) is 0.0476. The number of pyridine rings is 1. The highest BCUT2D eigenvalue weighted by molar-refractivity contribution is 7.86. The molecule has 0 atom stereocenters. The van der Waals surface area contributed by atoms with E-state index in [1.807, 2.05) is 0 Å². The summed E-state index contributed by atoms with van der Waals surface area (Å²) in [6.07, 6.45) is 0. The Balaban J connectivity index is 1.37. The lowest BCUT2D eigenvalue weighted by Gasteiger charge is -2.16. The number of hydrogen-bond donors (Lipinski definition) is 5. The molecule has 22 heteroatoms. The van der Waals surface area contributed by atoms with Gasteiger partial charge in [-0.2, -0.15) is 27.4 Å². The van der Waals surface area contributed by atoms with Gasteiger partial charge in [-0.05, 0) is 90.7 Å². The van der Waals surface area contributed by atoms with Gasteiger partial charge in [-0.25, -0.2) is 4.98 Å². The summed E-state index contributed by atoms with van der Waals surface area (Å²) >= 11 is 13.1. The van der Waals surface area contributed by atoms with Crippen molar-refractivity contribution in [1.29, 1.82) is 10.5 Å². The fourth-order valence-electron chi connectivity index (χ4n) is 6.28. The van der Waals surface area contributed by atoms with E-state index in [0.717, 1.165) is 17.4 Å². The molecule has 0 saturated carbocycles. The molecule has 5 N–H and O–H groups in total. The molecule has 1 amide bonds. The number of thiophene rings is 1. The third-order valence-electron chi connectivity index (χ3n) is 9.18. The van der Waals surface area contributed by atoms with E-state index in [-0.39, 0.29) is 76.6 Å². The van der Waals surface area contributed by atoms with Gasteiger partial charge >= 0.3 is 0 Å². The molecule has 0 aliphatic carbocycles. The minimum Gasteiger partial charge on any atom is -0.339 e. The second-order valence-corrected chi connectivity index (χ2v) is 18.1. The topological polar surface area (TPSA) is 272 Å². The van der Waals surface area contributed by atoms with Crippen molar-refractivity contribution in [3.63, 3.8) is 0 Å². The summed E-state index contributed by atoms with van der Waals surface area (Å²) in [6, 6.07) is 30.3. The molecule has 0 saturated heterocycles. The normalized spacial score (nSPS) is 11.8. The Kier molecular flexibility index (Phi) is 12.8. The summed E-state index contributed by atoms with van der Waals surface area (Å²) in [4.78, 5) is 15.5. The van der Waals surface area contributed by atoms with Crippen LogP contribution in [0, 0.1) is 29.6 Å². The van der Waals surface area contributed by atoms with Gasteiger partial charge in [-0.1, -0.05) is 64.9 Å². The molecule has 17 nitrogen and oxygen atoms in total. The number of benzene rings is 5. The Morgan fingerprint density at radius 1 is 0.719 bits per heavy atom. The highest BCUT2D eigenvalue weighted by Crippen LogP contribution is 2.49. The average Bonchev–Trinajstić information content (AvgIpc) is 3.60. The van der Waals surface area contributed by atoms with E-state index in [2.05, 4.69) is 53.5 Å². The van der Waals surface area contributed by atoms with Gasteiger partial charge in [0.25, 0.3) is 20.2 Å². The molecular formula is C42H28Cl2N10O7S3. The van der Waals surface area contributed by atoms with E-state index in [1.165, 1.54) is 37.3 Å². The van der Waals surface area contributed by atoms with Gasteiger partial charge < -0.3 is 16.0 Å². The Labute approximate surface area is 378 Å². The van der Waals surface area contributed by atoms with E-state index in [4.69, 9.17) is 23.2 Å². The number of carbonyl (C=O) groups excluding carboxylic acids is 1. The molecule has 0 radical (unpaired) electrons. The van der Waals surface area contributed by atoms with Crippen LogP contribution in [0.3, 0.4) is 0 Å². The van der Waals surface area contributed by atoms with E-state index in [9.17, 15) is 41.3 Å². The predicted octanol–water partition coefficient (Wildman–Crippen LogP) is 12.1. The Bertz CT molecular complexity index is 3410. The Morgan fingerprint density at radius 3 is 2.02 bits per heavy atom. The van der Waals surface area contributed by atoms with Crippen LogP contribution in [0.1, 0.15) is 23.6 Å². The van der Waals surface area contributed by atoms with Crippen LogP contribution in [-0.4, -0.2) is 36.8 Å². The van der Waals surface area contributed by atoms with Crippen molar-refractivity contribution in [1.82, 2.24) is 4.98 Å². The quantitative estimate of drug-likeness (QED) is 0.0565. The summed E-state index contributed by atoms with van der Waals surface area (Å²) in [5.41, 5.74) is 2.47. The van der Waals surface area contributed by atoms with Crippen LogP contribution in [-0.2, 0) is 25.0 Å². The fourth-order valence-corrected chi connectivity index (χ4v) is 9.03. The largest absolute Gasteiger partial charge is 0.339 e. The number of nitrogens with zero attached hydrogens (tertiary/aromatic N) is 7. The van der Waals surface area contributed by atoms with Crippen LogP contribution in [0.25, 0.3) is 21.9 Å². The SMILES string of the molecule is CC(=O)Nc1ccc(-c2c(N=Nc3ccc4cccc(S(=O)(=O)O)c4c3)sc(N=Nc3c(Nc4ccc(Cl)cc4)nc(Nc4ccc(Cl)c(S(=O)(=O)O)c4)c(C#N)c3C)c2C#N)cc1. The van der Waals surface area contributed by atoms with Crippen LogP contribution in [0.2, 0.25) is 10.0 Å². The van der Waals surface area contributed by atoms with E-state index >= 15 is 0 Å². The van der Waals surface area contributed by atoms with E-state index < -0.39 is 25.1 Å². The minimum atomic E-state index is -4.71. The number of halogens is 2. The van der Waals surface area contributed by atoms with Crippen LogP contribution in [0.5, 0.6) is 0 Å². The monoisotopic (exact) mass is 950 g/mol. The number of aromatic nitrogens is 1. The Hall–Kier alpha value is -7.14. The summed E-state index contributed by atoms with van der Waals surface area (Å²) in [7, 11) is -9.30. The summed E-state index contributed by atoms with van der Waals surface area (Å²) in [6.45, 7) is 2.94. The Morgan fingerprint density at radius 2 is 1.36 bits per heavy atom. The highest BCUT2D eigenvalue weighted by Gasteiger charge is 2.24. The van der Waals surface area contributed by atoms with Crippen molar-refractivity contribution in [2.75, 3.05) is 16.0 Å². The maximum Gasteiger partial charge on any atom is 0.296 e. The van der Waals surface area contributed by atoms with Gasteiger partial charge in [0.1, 0.15) is 38.2 Å². The van der Waals surface area contributed by atoms with Crippen molar-refractivity contribution in [2.24, 2.45) is 20.5 Å². The van der Waals surface area contributed by atoms with Gasteiger partial charge in [0.15, 0.2) is 16.6 Å². The molecule has 7 rings (SSSR count). The maximum atomic E-state index is 12.2. The lowest BCUT2D eigenvalue weighted by molar-refractivity contribution is -0.114. The predicted molar refractivity (Wildman–Crippen MR) is 244 cm³/mol. The first-order valence-corrected chi connectivity index (χ1v) is 22.7. The van der Waals surface area contributed by atoms with Crippen LogP contribution in [0.15, 0.2) is 133 Å². The van der Waals surface area contributed by atoms with Crippen molar-refractivity contribution in [3.05, 3.63) is 130 Å². The van der Waals surface area contributed by atoms with E-state index in [1.54, 1.807) is 73.7 Å². The molecular weight excluding hydrogens is 924 g/mol. The second-order valence-electron chi connectivity index (χ2n) is 13.5. The number of hydrogen-bond acceptors (Lipinski definition) is 15. The minimum absolute atomic E-state index is 0.0207. The number of nitriles is 2. The highest BCUT2D eigenvalue weighted by atomic mass is 35.5. The lowest BCUT2D eigenvalue weighted by atomic mass is 10.0. The average molecular weight is 952 g/mol. The molecule has 0 aliphatic rings. The molecule has 0 unspecified atom stereocenters. The summed E-state index contributed by atoms with van der Waals surface area (Å²) < 4.78 is 67.9. The van der Waals surface area contributed by atoms with Crippen molar-refractivity contribution >= 4 is 122 Å². The summed E-state index contributed by atoms with van der Waals surface area (Å²) in [5, 5.41) is 48.8. The van der Waals surface area contributed by atoms with Gasteiger partial charge in [-0.3, -0.25) is 13.9 Å². The maximum absolute atomic E-state index is 12.2. The van der Waals surface area contributed by atoms with Crippen LogP contribution in [0.4, 0.5) is 50.1 Å². The lowest BCUT2D eigenvalue weighted by Crippen LogP contribution is -2.05. The third-order valence-corrected chi connectivity index (χ3v) is 12.6.